The number of para-hydroxylation sites is 1. The van der Waals surface area contributed by atoms with Gasteiger partial charge in [0, 0.05) is 15.6 Å². The van der Waals surface area contributed by atoms with Crippen molar-refractivity contribution in [3.05, 3.63) is 58.1 Å². The lowest BCUT2D eigenvalue weighted by atomic mass is 10.00. The number of rotatable bonds is 5. The molecule has 0 saturated heterocycles. The number of hydrogen-bond donors (Lipinski definition) is 1. The number of aliphatic hydroxyl groups excluding tert-OH is 1. The minimum Gasteiger partial charge on any atom is -0.496 e. The number of ether oxygens (including phenoxy) is 2. The van der Waals surface area contributed by atoms with Crippen LogP contribution in [0.1, 0.15) is 31.1 Å². The van der Waals surface area contributed by atoms with E-state index in [1.165, 1.54) is 0 Å². The Hall–Kier alpha value is -1.52. The van der Waals surface area contributed by atoms with E-state index in [2.05, 4.69) is 15.9 Å². The fourth-order valence-electron chi connectivity index (χ4n) is 2.15. The highest BCUT2D eigenvalue weighted by molar-refractivity contribution is 9.10. The maximum Gasteiger partial charge on any atom is 0.125 e. The van der Waals surface area contributed by atoms with Crippen molar-refractivity contribution in [2.75, 3.05) is 7.11 Å². The van der Waals surface area contributed by atoms with Crippen LogP contribution in [-0.4, -0.2) is 18.3 Å². The predicted octanol–water partition coefficient (Wildman–Crippen LogP) is 4.33. The number of halogens is 1. The Morgan fingerprint density at radius 2 is 1.71 bits per heavy atom. The number of benzene rings is 2. The van der Waals surface area contributed by atoms with E-state index in [-0.39, 0.29) is 6.10 Å². The molecule has 0 aliphatic carbocycles. The molecule has 0 heterocycles. The number of hydrogen-bond acceptors (Lipinski definition) is 3. The minimum absolute atomic E-state index is 0.0442. The van der Waals surface area contributed by atoms with Gasteiger partial charge in [-0.15, -0.1) is 0 Å². The maximum absolute atomic E-state index is 10.7. The summed E-state index contributed by atoms with van der Waals surface area (Å²) >= 11 is 3.43. The molecule has 0 saturated carbocycles. The summed E-state index contributed by atoms with van der Waals surface area (Å²) in [4.78, 5) is 0. The molecule has 0 aliphatic rings. The summed E-state index contributed by atoms with van der Waals surface area (Å²) in [6, 6.07) is 13.1. The highest BCUT2D eigenvalue weighted by atomic mass is 79.9. The van der Waals surface area contributed by atoms with Gasteiger partial charge in [-0.1, -0.05) is 34.1 Å². The Kier molecular flexibility index (Phi) is 5.26. The molecule has 0 radical (unpaired) electrons. The first kappa shape index (κ1) is 15.9. The Morgan fingerprint density at radius 1 is 1.00 bits per heavy atom. The number of methoxy groups -OCH3 is 1. The zero-order chi connectivity index (χ0) is 15.4. The molecule has 0 aromatic heterocycles. The van der Waals surface area contributed by atoms with Crippen LogP contribution in [0.4, 0.5) is 0 Å². The fourth-order valence-corrected chi connectivity index (χ4v) is 2.53. The van der Waals surface area contributed by atoms with E-state index in [1.807, 2.05) is 56.3 Å². The summed E-state index contributed by atoms with van der Waals surface area (Å²) in [5.74, 6) is 1.33. The van der Waals surface area contributed by atoms with Crippen LogP contribution in [-0.2, 0) is 0 Å². The largest absolute Gasteiger partial charge is 0.496 e. The molecule has 0 fully saturated rings. The zero-order valence-corrected chi connectivity index (χ0v) is 13.9. The molecule has 2 aromatic carbocycles. The third kappa shape index (κ3) is 3.77. The molecule has 0 aliphatic heterocycles. The van der Waals surface area contributed by atoms with Gasteiger partial charge in [-0.3, -0.25) is 0 Å². The van der Waals surface area contributed by atoms with Crippen LogP contribution in [0.3, 0.4) is 0 Å². The molecule has 2 aromatic rings. The van der Waals surface area contributed by atoms with Crippen molar-refractivity contribution in [2.45, 2.75) is 26.1 Å². The molecule has 4 heteroatoms. The van der Waals surface area contributed by atoms with Crippen LogP contribution in [0.2, 0.25) is 0 Å². The van der Waals surface area contributed by atoms with E-state index in [1.54, 1.807) is 7.11 Å². The van der Waals surface area contributed by atoms with E-state index in [4.69, 9.17) is 9.47 Å². The quantitative estimate of drug-likeness (QED) is 0.872. The second-order valence-corrected chi connectivity index (χ2v) is 5.91. The third-order valence-corrected chi connectivity index (χ3v) is 3.56. The van der Waals surface area contributed by atoms with Crippen LogP contribution in [0.15, 0.2) is 46.9 Å². The molecule has 1 unspecified atom stereocenters. The van der Waals surface area contributed by atoms with Gasteiger partial charge in [0.25, 0.3) is 0 Å². The van der Waals surface area contributed by atoms with Crippen molar-refractivity contribution in [2.24, 2.45) is 0 Å². The average molecular weight is 351 g/mol. The van der Waals surface area contributed by atoms with Crippen LogP contribution >= 0.6 is 15.9 Å². The van der Waals surface area contributed by atoms with Crippen LogP contribution in [0.5, 0.6) is 11.5 Å². The second-order valence-electron chi connectivity index (χ2n) is 4.99. The lowest BCUT2D eigenvalue weighted by Crippen LogP contribution is -2.10. The molecule has 21 heavy (non-hydrogen) atoms. The van der Waals surface area contributed by atoms with Gasteiger partial charge in [0.05, 0.1) is 13.2 Å². The molecule has 3 nitrogen and oxygen atoms in total. The van der Waals surface area contributed by atoms with Crippen LogP contribution < -0.4 is 9.47 Å². The fraction of sp³-hybridized carbons (Fsp3) is 0.294. The molecule has 0 amide bonds. The van der Waals surface area contributed by atoms with Gasteiger partial charge in [0.1, 0.15) is 17.6 Å². The van der Waals surface area contributed by atoms with Gasteiger partial charge in [-0.25, -0.2) is 0 Å². The smallest absolute Gasteiger partial charge is 0.125 e. The summed E-state index contributed by atoms with van der Waals surface area (Å²) in [5, 5.41) is 10.7. The first-order valence-electron chi connectivity index (χ1n) is 6.80. The van der Waals surface area contributed by atoms with Crippen molar-refractivity contribution in [1.82, 2.24) is 0 Å². The topological polar surface area (TPSA) is 38.7 Å². The molecular formula is C17H19BrO3. The Bertz CT molecular complexity index is 611. The molecule has 1 N–H and O–H groups in total. The Labute approximate surface area is 133 Å². The molecule has 1 atom stereocenters. The van der Waals surface area contributed by atoms with Gasteiger partial charge < -0.3 is 14.6 Å². The van der Waals surface area contributed by atoms with Crippen molar-refractivity contribution >= 4 is 15.9 Å². The third-order valence-electron chi connectivity index (χ3n) is 3.06. The van der Waals surface area contributed by atoms with E-state index in [0.29, 0.717) is 17.1 Å². The number of aliphatic hydroxyl groups is 1. The highest BCUT2D eigenvalue weighted by Crippen LogP contribution is 2.36. The van der Waals surface area contributed by atoms with Crippen LogP contribution in [0, 0.1) is 0 Å². The maximum atomic E-state index is 10.7. The molecule has 0 bridgehead atoms. The normalized spacial score (nSPS) is 12.3. The summed E-state index contributed by atoms with van der Waals surface area (Å²) in [5.41, 5.74) is 1.43. The SMILES string of the molecule is COc1ccc(Br)cc1C(O)c1ccccc1OC(C)C. The highest BCUT2D eigenvalue weighted by Gasteiger charge is 2.20. The lowest BCUT2D eigenvalue weighted by Gasteiger charge is -2.20. The summed E-state index contributed by atoms with van der Waals surface area (Å²) in [6.45, 7) is 3.92. The monoisotopic (exact) mass is 350 g/mol. The zero-order valence-electron chi connectivity index (χ0n) is 12.3. The van der Waals surface area contributed by atoms with E-state index in [9.17, 15) is 5.11 Å². The van der Waals surface area contributed by atoms with Crippen molar-refractivity contribution in [1.29, 1.82) is 0 Å². The first-order chi connectivity index (χ1) is 10.0. The van der Waals surface area contributed by atoms with Gasteiger partial charge in [0.15, 0.2) is 0 Å². The van der Waals surface area contributed by atoms with Crippen molar-refractivity contribution in [3.8, 4) is 11.5 Å². The Morgan fingerprint density at radius 3 is 2.38 bits per heavy atom. The minimum atomic E-state index is -0.813. The lowest BCUT2D eigenvalue weighted by molar-refractivity contribution is 0.194. The van der Waals surface area contributed by atoms with Crippen molar-refractivity contribution < 1.29 is 14.6 Å². The molecular weight excluding hydrogens is 332 g/mol. The van der Waals surface area contributed by atoms with Gasteiger partial charge in [0.2, 0.25) is 0 Å². The van der Waals surface area contributed by atoms with Gasteiger partial charge >= 0.3 is 0 Å². The molecule has 0 spiro atoms. The summed E-state index contributed by atoms with van der Waals surface area (Å²) < 4.78 is 12.0. The van der Waals surface area contributed by atoms with E-state index >= 15 is 0 Å². The van der Waals surface area contributed by atoms with Gasteiger partial charge in [-0.05, 0) is 38.1 Å². The van der Waals surface area contributed by atoms with Crippen molar-refractivity contribution in [3.63, 3.8) is 0 Å². The second kappa shape index (κ2) is 6.96. The Balaban J connectivity index is 2.45. The average Bonchev–Trinajstić information content (AvgIpc) is 2.46. The van der Waals surface area contributed by atoms with Crippen LogP contribution in [0.25, 0.3) is 0 Å². The summed E-state index contributed by atoms with van der Waals surface area (Å²) in [6.07, 6.45) is -0.768. The first-order valence-corrected chi connectivity index (χ1v) is 7.59. The van der Waals surface area contributed by atoms with Gasteiger partial charge in [-0.2, -0.15) is 0 Å². The standard InChI is InChI=1S/C17H19BrO3/c1-11(2)21-16-7-5-4-6-13(16)17(19)14-10-12(18)8-9-15(14)20-3/h4-11,17,19H,1-3H3. The molecule has 112 valence electrons. The predicted molar refractivity (Wildman–Crippen MR) is 87.0 cm³/mol. The summed E-state index contributed by atoms with van der Waals surface area (Å²) in [7, 11) is 1.59. The van der Waals surface area contributed by atoms with E-state index < -0.39 is 6.10 Å². The molecule has 2 rings (SSSR count). The van der Waals surface area contributed by atoms with E-state index in [0.717, 1.165) is 10.0 Å².